The highest BCUT2D eigenvalue weighted by Gasteiger charge is 2.25. The van der Waals surface area contributed by atoms with Crippen LogP contribution in [0.15, 0.2) is 29.0 Å². The number of carbonyl (C=O) groups is 1. The molecule has 2 aliphatic rings. The van der Waals surface area contributed by atoms with Crippen LogP contribution in [0.2, 0.25) is 0 Å². The van der Waals surface area contributed by atoms with Crippen molar-refractivity contribution in [3.8, 4) is 0 Å². The summed E-state index contributed by atoms with van der Waals surface area (Å²) in [5.74, 6) is 0. The first-order valence-corrected chi connectivity index (χ1v) is 5.41. The van der Waals surface area contributed by atoms with E-state index in [0.29, 0.717) is 6.54 Å². The van der Waals surface area contributed by atoms with Gasteiger partial charge in [0, 0.05) is 30.9 Å². The molecule has 0 aromatic carbocycles. The number of amides is 1. The minimum Gasteiger partial charge on any atom is -0.443 e. The van der Waals surface area contributed by atoms with Crippen molar-refractivity contribution < 1.29 is 9.53 Å². The molecular weight excluding hydrogens is 204 g/mol. The largest absolute Gasteiger partial charge is 0.443 e. The minimum absolute atomic E-state index is 0.292. The van der Waals surface area contributed by atoms with E-state index in [-0.39, 0.29) is 6.09 Å². The van der Waals surface area contributed by atoms with Gasteiger partial charge in [-0.25, -0.2) is 4.79 Å². The molecule has 0 atom stereocenters. The molecular formula is C12H16N2O2. The summed E-state index contributed by atoms with van der Waals surface area (Å²) in [7, 11) is 0. The van der Waals surface area contributed by atoms with E-state index in [1.807, 2.05) is 26.8 Å². The molecule has 0 saturated carbocycles. The fourth-order valence-electron chi connectivity index (χ4n) is 1.63. The SMILES string of the molecule is CC(C)(C)OC(=O)N1C=C2C=CN=C2CC1. The van der Waals surface area contributed by atoms with Crippen molar-refractivity contribution in [1.29, 1.82) is 0 Å². The zero-order chi connectivity index (χ0) is 11.8. The maximum atomic E-state index is 11.8. The van der Waals surface area contributed by atoms with Gasteiger partial charge in [0.1, 0.15) is 5.60 Å². The summed E-state index contributed by atoms with van der Waals surface area (Å²) in [5.41, 5.74) is 1.62. The van der Waals surface area contributed by atoms with E-state index in [9.17, 15) is 4.79 Å². The summed E-state index contributed by atoms with van der Waals surface area (Å²) in [6.07, 6.45) is 5.98. The smallest absolute Gasteiger partial charge is 0.414 e. The van der Waals surface area contributed by atoms with Gasteiger partial charge in [0.05, 0.1) is 5.71 Å². The predicted octanol–water partition coefficient (Wildman–Crippen LogP) is 2.48. The van der Waals surface area contributed by atoms with E-state index in [1.54, 1.807) is 17.3 Å². The Hall–Kier alpha value is -1.58. The standard InChI is InChI=1S/C12H16N2O2/c1-12(2,3)16-11(15)14-7-5-10-9(8-14)4-6-13-10/h4,6,8H,5,7H2,1-3H3. The quantitative estimate of drug-likeness (QED) is 0.629. The second kappa shape index (κ2) is 3.77. The number of allylic oxidation sites excluding steroid dienone is 2. The molecule has 4 nitrogen and oxygen atoms in total. The second-order valence-electron chi connectivity index (χ2n) is 4.90. The fourth-order valence-corrected chi connectivity index (χ4v) is 1.63. The molecule has 0 spiro atoms. The number of hydrogen-bond donors (Lipinski definition) is 0. The van der Waals surface area contributed by atoms with Gasteiger partial charge in [-0.15, -0.1) is 0 Å². The second-order valence-corrected chi connectivity index (χ2v) is 4.90. The number of nitrogens with zero attached hydrogens (tertiary/aromatic N) is 2. The molecule has 0 N–H and O–H groups in total. The van der Waals surface area contributed by atoms with Gasteiger partial charge in [-0.3, -0.25) is 9.89 Å². The Morgan fingerprint density at radius 3 is 2.94 bits per heavy atom. The average molecular weight is 220 g/mol. The lowest BCUT2D eigenvalue weighted by molar-refractivity contribution is 0.0336. The average Bonchev–Trinajstić information content (AvgIpc) is 2.61. The molecule has 16 heavy (non-hydrogen) atoms. The summed E-state index contributed by atoms with van der Waals surface area (Å²) in [5, 5.41) is 0. The van der Waals surface area contributed by atoms with Crippen LogP contribution < -0.4 is 0 Å². The maximum Gasteiger partial charge on any atom is 0.414 e. The molecule has 2 rings (SSSR count). The molecule has 86 valence electrons. The monoisotopic (exact) mass is 220 g/mol. The van der Waals surface area contributed by atoms with Crippen LogP contribution >= 0.6 is 0 Å². The topological polar surface area (TPSA) is 41.9 Å². The van der Waals surface area contributed by atoms with Crippen molar-refractivity contribution in [2.75, 3.05) is 6.54 Å². The highest BCUT2D eigenvalue weighted by atomic mass is 16.6. The van der Waals surface area contributed by atoms with Gasteiger partial charge in [-0.1, -0.05) is 0 Å². The highest BCUT2D eigenvalue weighted by Crippen LogP contribution is 2.20. The van der Waals surface area contributed by atoms with E-state index < -0.39 is 5.60 Å². The number of carbonyl (C=O) groups excluding carboxylic acids is 1. The zero-order valence-corrected chi connectivity index (χ0v) is 9.86. The number of fused-ring (bicyclic) bond motifs is 1. The molecule has 0 aromatic heterocycles. The molecule has 0 fully saturated rings. The van der Waals surface area contributed by atoms with Crippen molar-refractivity contribution >= 4 is 11.8 Å². The molecule has 0 aromatic rings. The van der Waals surface area contributed by atoms with E-state index in [1.165, 1.54) is 0 Å². The van der Waals surface area contributed by atoms with Crippen molar-refractivity contribution in [1.82, 2.24) is 4.90 Å². The van der Waals surface area contributed by atoms with Crippen LogP contribution in [-0.4, -0.2) is 28.9 Å². The summed E-state index contributed by atoms with van der Waals surface area (Å²) in [6, 6.07) is 0. The minimum atomic E-state index is -0.449. The van der Waals surface area contributed by atoms with E-state index in [0.717, 1.165) is 17.7 Å². The Morgan fingerprint density at radius 2 is 2.25 bits per heavy atom. The van der Waals surface area contributed by atoms with Crippen LogP contribution in [0.1, 0.15) is 27.2 Å². The first-order valence-electron chi connectivity index (χ1n) is 5.41. The molecule has 4 heteroatoms. The van der Waals surface area contributed by atoms with E-state index in [4.69, 9.17) is 4.74 Å². The Kier molecular flexibility index (Phi) is 2.58. The van der Waals surface area contributed by atoms with Gasteiger partial charge in [0.25, 0.3) is 0 Å². The third-order valence-electron chi connectivity index (χ3n) is 2.33. The van der Waals surface area contributed by atoms with Gasteiger partial charge in [-0.05, 0) is 26.8 Å². The van der Waals surface area contributed by atoms with Gasteiger partial charge < -0.3 is 4.74 Å². The lowest BCUT2D eigenvalue weighted by atomic mass is 10.1. The third-order valence-corrected chi connectivity index (χ3v) is 2.33. The van der Waals surface area contributed by atoms with Crippen molar-refractivity contribution in [2.45, 2.75) is 32.8 Å². The van der Waals surface area contributed by atoms with Gasteiger partial charge in [0.15, 0.2) is 0 Å². The number of ether oxygens (including phenoxy) is 1. The summed E-state index contributed by atoms with van der Waals surface area (Å²) < 4.78 is 5.30. The van der Waals surface area contributed by atoms with Crippen molar-refractivity contribution in [3.63, 3.8) is 0 Å². The maximum absolute atomic E-state index is 11.8. The summed E-state index contributed by atoms with van der Waals surface area (Å²) in [6.45, 7) is 6.23. The Bertz CT molecular complexity index is 400. The molecule has 0 aliphatic carbocycles. The Balaban J connectivity index is 2.07. The Labute approximate surface area is 95.3 Å². The van der Waals surface area contributed by atoms with E-state index in [2.05, 4.69) is 4.99 Å². The van der Waals surface area contributed by atoms with Crippen molar-refractivity contribution in [3.05, 3.63) is 24.0 Å². The first kappa shape index (κ1) is 10.9. The van der Waals surface area contributed by atoms with Gasteiger partial charge in [0.2, 0.25) is 0 Å². The molecule has 0 bridgehead atoms. The molecule has 0 saturated heterocycles. The number of aliphatic imine (C=N–C) groups is 1. The number of hydrogen-bond acceptors (Lipinski definition) is 3. The first-order chi connectivity index (χ1) is 7.46. The van der Waals surface area contributed by atoms with Gasteiger partial charge in [-0.2, -0.15) is 0 Å². The fraction of sp³-hybridized carbons (Fsp3) is 0.500. The molecule has 2 heterocycles. The highest BCUT2D eigenvalue weighted by molar-refractivity contribution is 6.05. The lowest BCUT2D eigenvalue weighted by Gasteiger charge is -2.27. The van der Waals surface area contributed by atoms with Gasteiger partial charge >= 0.3 is 6.09 Å². The summed E-state index contributed by atoms with van der Waals surface area (Å²) in [4.78, 5) is 17.6. The predicted molar refractivity (Wildman–Crippen MR) is 62.2 cm³/mol. The molecule has 0 radical (unpaired) electrons. The van der Waals surface area contributed by atoms with E-state index >= 15 is 0 Å². The van der Waals surface area contributed by atoms with Crippen LogP contribution in [0.25, 0.3) is 0 Å². The molecule has 0 unspecified atom stereocenters. The third kappa shape index (κ3) is 2.32. The van der Waals surface area contributed by atoms with Crippen LogP contribution in [0.5, 0.6) is 0 Å². The normalized spacial score (nSPS) is 19.1. The van der Waals surface area contributed by atoms with Crippen LogP contribution in [-0.2, 0) is 4.74 Å². The van der Waals surface area contributed by atoms with Crippen LogP contribution in [0.3, 0.4) is 0 Å². The molecule has 2 aliphatic heterocycles. The van der Waals surface area contributed by atoms with Crippen LogP contribution in [0, 0.1) is 0 Å². The zero-order valence-electron chi connectivity index (χ0n) is 9.86. The lowest BCUT2D eigenvalue weighted by Crippen LogP contribution is -2.37. The number of rotatable bonds is 0. The van der Waals surface area contributed by atoms with Crippen LogP contribution in [0.4, 0.5) is 4.79 Å². The Morgan fingerprint density at radius 1 is 1.50 bits per heavy atom. The molecule has 1 amide bonds. The summed E-state index contributed by atoms with van der Waals surface area (Å²) >= 11 is 0. The van der Waals surface area contributed by atoms with Crippen molar-refractivity contribution in [2.24, 2.45) is 4.99 Å².